The zero-order chi connectivity index (χ0) is 20.8. The average Bonchev–Trinajstić information content (AvgIpc) is 3.19. The normalized spacial score (nSPS) is 14.6. The van der Waals surface area contributed by atoms with Crippen LogP contribution in [-0.4, -0.2) is 39.2 Å². The quantitative estimate of drug-likeness (QED) is 0.751. The first-order chi connectivity index (χ1) is 14.0. The fourth-order valence-electron chi connectivity index (χ4n) is 3.58. The molecule has 1 fully saturated rings. The minimum Gasteiger partial charge on any atom is -0.452 e. The van der Waals surface area contributed by atoms with Crippen LogP contribution in [0, 0.1) is 5.92 Å². The molecule has 0 radical (unpaired) electrons. The predicted octanol–water partition coefficient (Wildman–Crippen LogP) is 2.77. The van der Waals surface area contributed by atoms with Crippen LogP contribution >= 0.6 is 0 Å². The molecule has 0 atom stereocenters. The summed E-state index contributed by atoms with van der Waals surface area (Å²) in [5, 5.41) is 6.60. The van der Waals surface area contributed by atoms with Crippen molar-refractivity contribution in [2.24, 2.45) is 5.92 Å². The Labute approximate surface area is 169 Å². The van der Waals surface area contributed by atoms with Gasteiger partial charge in [-0.25, -0.2) is 14.5 Å². The minimum atomic E-state index is -0.656. The molecule has 0 bridgehead atoms. The van der Waals surface area contributed by atoms with Crippen LogP contribution in [0.1, 0.15) is 67.9 Å². The molecule has 8 heteroatoms. The highest BCUT2D eigenvalue weighted by molar-refractivity contribution is 5.98. The molecule has 1 N–H and O–H groups in total. The molecule has 8 nitrogen and oxygen atoms in total. The van der Waals surface area contributed by atoms with Crippen LogP contribution in [0.25, 0.3) is 5.82 Å². The summed E-state index contributed by atoms with van der Waals surface area (Å²) in [4.78, 5) is 41.0. The van der Waals surface area contributed by atoms with Crippen molar-refractivity contribution >= 4 is 17.8 Å². The van der Waals surface area contributed by atoms with Gasteiger partial charge in [0.25, 0.3) is 5.91 Å². The Hall–Kier alpha value is -3.03. The maximum absolute atomic E-state index is 12.5. The van der Waals surface area contributed by atoms with E-state index in [1.54, 1.807) is 23.0 Å². The van der Waals surface area contributed by atoms with Gasteiger partial charge in [0, 0.05) is 12.1 Å². The Bertz CT molecular complexity index is 870. The van der Waals surface area contributed by atoms with Crippen molar-refractivity contribution in [1.29, 1.82) is 0 Å². The highest BCUT2D eigenvalue weighted by Crippen LogP contribution is 2.24. The fourth-order valence-corrected chi connectivity index (χ4v) is 3.58. The SMILES string of the molecule is CC(C)c1c(C(=O)OCC(=O)NC(=O)C2CCCCC2)cnn1-c1ccccn1. The molecule has 2 aromatic rings. The number of aromatic nitrogens is 3. The van der Waals surface area contributed by atoms with Crippen molar-refractivity contribution in [3.8, 4) is 5.82 Å². The predicted molar refractivity (Wildman–Crippen MR) is 105 cm³/mol. The number of esters is 1. The summed E-state index contributed by atoms with van der Waals surface area (Å²) in [6.45, 7) is 3.36. The standard InChI is InChI=1S/C21H26N4O4/c1-14(2)19-16(12-23-25(19)17-10-6-7-11-22-17)21(28)29-13-18(26)24-20(27)15-8-4-3-5-9-15/h6-7,10-12,14-15H,3-5,8-9,13H2,1-2H3,(H,24,26,27). The van der Waals surface area contributed by atoms with Gasteiger partial charge in [-0.15, -0.1) is 0 Å². The maximum atomic E-state index is 12.5. The Morgan fingerprint density at radius 3 is 2.62 bits per heavy atom. The summed E-state index contributed by atoms with van der Waals surface area (Å²) in [5.41, 5.74) is 0.921. The second-order valence-electron chi connectivity index (χ2n) is 7.52. The third-order valence-electron chi connectivity index (χ3n) is 5.01. The second-order valence-corrected chi connectivity index (χ2v) is 7.52. The van der Waals surface area contributed by atoms with Crippen LogP contribution < -0.4 is 5.32 Å². The summed E-state index contributed by atoms with van der Waals surface area (Å²) in [7, 11) is 0. The number of ether oxygens (including phenoxy) is 1. The lowest BCUT2D eigenvalue weighted by atomic mass is 9.89. The number of carbonyl (C=O) groups is 3. The van der Waals surface area contributed by atoms with Gasteiger partial charge < -0.3 is 4.74 Å². The van der Waals surface area contributed by atoms with Gasteiger partial charge in [-0.3, -0.25) is 14.9 Å². The molecular weight excluding hydrogens is 372 g/mol. The molecule has 1 aliphatic carbocycles. The number of nitrogens with one attached hydrogen (secondary N) is 1. The molecule has 2 heterocycles. The van der Waals surface area contributed by atoms with E-state index in [-0.39, 0.29) is 23.3 Å². The molecule has 3 rings (SSSR count). The number of pyridine rings is 1. The number of hydrogen-bond donors (Lipinski definition) is 1. The first-order valence-corrected chi connectivity index (χ1v) is 9.97. The van der Waals surface area contributed by atoms with Crippen LogP contribution in [0.15, 0.2) is 30.6 Å². The number of carbonyl (C=O) groups excluding carboxylic acids is 3. The summed E-state index contributed by atoms with van der Waals surface area (Å²) < 4.78 is 6.73. The van der Waals surface area contributed by atoms with Gasteiger partial charge in [0.05, 0.1) is 11.9 Å². The minimum absolute atomic E-state index is 0.0243. The van der Waals surface area contributed by atoms with Crippen LogP contribution in [0.4, 0.5) is 0 Å². The number of amides is 2. The molecule has 1 saturated carbocycles. The highest BCUT2D eigenvalue weighted by atomic mass is 16.5. The molecule has 0 spiro atoms. The summed E-state index contributed by atoms with van der Waals surface area (Å²) in [6.07, 6.45) is 7.77. The van der Waals surface area contributed by atoms with E-state index < -0.39 is 18.5 Å². The lowest BCUT2D eigenvalue weighted by molar-refractivity contribution is -0.135. The Kier molecular flexibility index (Phi) is 6.74. The topological polar surface area (TPSA) is 103 Å². The van der Waals surface area contributed by atoms with Gasteiger partial charge in [0.15, 0.2) is 12.4 Å². The molecule has 29 heavy (non-hydrogen) atoms. The lowest BCUT2D eigenvalue weighted by Crippen LogP contribution is -2.38. The molecular formula is C21H26N4O4. The third kappa shape index (κ3) is 5.07. The van der Waals surface area contributed by atoms with Crippen LogP contribution in [0.3, 0.4) is 0 Å². The number of nitrogens with zero attached hydrogens (tertiary/aromatic N) is 3. The lowest BCUT2D eigenvalue weighted by Gasteiger charge is -2.20. The monoisotopic (exact) mass is 398 g/mol. The Morgan fingerprint density at radius 1 is 1.21 bits per heavy atom. The van der Waals surface area contributed by atoms with Gasteiger partial charge in [0.1, 0.15) is 5.56 Å². The second kappa shape index (κ2) is 9.45. The first kappa shape index (κ1) is 20.7. The van der Waals surface area contributed by atoms with Crippen molar-refractivity contribution in [1.82, 2.24) is 20.1 Å². The van der Waals surface area contributed by atoms with Gasteiger partial charge in [-0.1, -0.05) is 39.2 Å². The van der Waals surface area contributed by atoms with Crippen molar-refractivity contribution in [2.75, 3.05) is 6.61 Å². The molecule has 1 aliphatic rings. The van der Waals surface area contributed by atoms with E-state index in [4.69, 9.17) is 4.74 Å². The molecule has 0 saturated heterocycles. The van der Waals surface area contributed by atoms with E-state index in [1.165, 1.54) is 6.20 Å². The van der Waals surface area contributed by atoms with Crippen molar-refractivity contribution in [2.45, 2.75) is 51.9 Å². The summed E-state index contributed by atoms with van der Waals surface area (Å²) >= 11 is 0. The zero-order valence-electron chi connectivity index (χ0n) is 16.8. The largest absolute Gasteiger partial charge is 0.452 e. The van der Waals surface area contributed by atoms with Crippen molar-refractivity contribution in [3.05, 3.63) is 41.9 Å². The Balaban J connectivity index is 1.62. The summed E-state index contributed by atoms with van der Waals surface area (Å²) in [5.74, 6) is -1.12. The van der Waals surface area contributed by atoms with E-state index in [1.807, 2.05) is 19.9 Å². The van der Waals surface area contributed by atoms with Crippen LogP contribution in [0.2, 0.25) is 0 Å². The van der Waals surface area contributed by atoms with Crippen LogP contribution in [-0.2, 0) is 14.3 Å². The van der Waals surface area contributed by atoms with E-state index in [9.17, 15) is 14.4 Å². The fraction of sp³-hybridized carbons (Fsp3) is 0.476. The summed E-state index contributed by atoms with van der Waals surface area (Å²) in [6, 6.07) is 5.42. The molecule has 2 amide bonds. The first-order valence-electron chi connectivity index (χ1n) is 9.97. The highest BCUT2D eigenvalue weighted by Gasteiger charge is 2.25. The number of hydrogen-bond acceptors (Lipinski definition) is 6. The van der Waals surface area contributed by atoms with E-state index in [0.717, 1.165) is 32.1 Å². The zero-order valence-corrected chi connectivity index (χ0v) is 16.8. The van der Waals surface area contributed by atoms with Crippen molar-refractivity contribution < 1.29 is 19.1 Å². The molecule has 0 aliphatic heterocycles. The molecule has 0 unspecified atom stereocenters. The van der Waals surface area contributed by atoms with E-state index >= 15 is 0 Å². The van der Waals surface area contributed by atoms with E-state index in [2.05, 4.69) is 15.4 Å². The third-order valence-corrected chi connectivity index (χ3v) is 5.01. The van der Waals surface area contributed by atoms with E-state index in [0.29, 0.717) is 11.5 Å². The molecule has 0 aromatic carbocycles. The molecule has 2 aromatic heterocycles. The maximum Gasteiger partial charge on any atom is 0.342 e. The van der Waals surface area contributed by atoms with Crippen LogP contribution in [0.5, 0.6) is 0 Å². The Morgan fingerprint density at radius 2 is 1.97 bits per heavy atom. The van der Waals surface area contributed by atoms with Gasteiger partial charge in [-0.05, 0) is 30.9 Å². The number of rotatable bonds is 6. The van der Waals surface area contributed by atoms with Gasteiger partial charge in [-0.2, -0.15) is 5.10 Å². The smallest absolute Gasteiger partial charge is 0.342 e. The average molecular weight is 398 g/mol. The molecule has 154 valence electrons. The number of imide groups is 1. The van der Waals surface area contributed by atoms with Gasteiger partial charge >= 0.3 is 5.97 Å². The van der Waals surface area contributed by atoms with Crippen molar-refractivity contribution in [3.63, 3.8) is 0 Å². The van der Waals surface area contributed by atoms with Gasteiger partial charge in [0.2, 0.25) is 5.91 Å².